The maximum atomic E-state index is 12.5. The normalized spacial score (nSPS) is 21.4. The fourth-order valence-corrected chi connectivity index (χ4v) is 6.25. The first-order valence-corrected chi connectivity index (χ1v) is 13.0. The van der Waals surface area contributed by atoms with E-state index in [0.717, 1.165) is 97.5 Å². The highest BCUT2D eigenvalue weighted by molar-refractivity contribution is 5.95. The summed E-state index contributed by atoms with van der Waals surface area (Å²) in [6.07, 6.45) is 10.9. The Labute approximate surface area is 209 Å². The van der Waals surface area contributed by atoms with Crippen molar-refractivity contribution in [1.29, 1.82) is 0 Å². The molecule has 3 aromatic rings. The Morgan fingerprint density at radius 3 is 2.58 bits per heavy atom. The van der Waals surface area contributed by atoms with E-state index in [1.807, 2.05) is 18.3 Å². The third-order valence-corrected chi connectivity index (χ3v) is 8.68. The average molecular weight is 487 g/mol. The van der Waals surface area contributed by atoms with Crippen LogP contribution in [0, 0.1) is 0 Å². The molecule has 4 heterocycles. The van der Waals surface area contributed by atoms with Crippen molar-refractivity contribution < 1.29 is 19.4 Å². The molecule has 4 aliphatic rings. The van der Waals surface area contributed by atoms with Gasteiger partial charge in [-0.1, -0.05) is 0 Å². The third kappa shape index (κ3) is 3.38. The fourth-order valence-electron chi connectivity index (χ4n) is 6.25. The van der Waals surface area contributed by atoms with Crippen molar-refractivity contribution in [2.24, 2.45) is 5.73 Å². The van der Waals surface area contributed by atoms with E-state index in [1.54, 1.807) is 6.20 Å². The lowest BCUT2D eigenvalue weighted by Crippen LogP contribution is -2.38. The maximum Gasteiger partial charge on any atom is 0.337 e. The van der Waals surface area contributed by atoms with E-state index < -0.39 is 5.97 Å². The molecule has 0 spiro atoms. The number of nitrogens with two attached hydrogens (primary N) is 1. The number of fused-ring (bicyclic) bond motifs is 3. The van der Waals surface area contributed by atoms with Crippen LogP contribution in [0.1, 0.15) is 65.7 Å². The number of pyridine rings is 2. The molecule has 1 aliphatic heterocycles. The number of hydrogen-bond donors (Lipinski definition) is 3. The van der Waals surface area contributed by atoms with Gasteiger partial charge in [-0.25, -0.2) is 9.78 Å². The number of aryl methyl sites for hydroxylation is 1. The molecule has 0 bridgehead atoms. The molecule has 8 nitrogen and oxygen atoms in total. The molecule has 0 unspecified atom stereocenters. The summed E-state index contributed by atoms with van der Waals surface area (Å²) < 4.78 is 11.4. The third-order valence-electron chi connectivity index (χ3n) is 8.68. The Hall–Kier alpha value is -3.23. The number of carboxylic acids is 1. The second kappa shape index (κ2) is 7.88. The molecule has 0 atom stereocenters. The average Bonchev–Trinajstić information content (AvgIpc) is 3.82. The number of aromatic amines is 1. The number of ether oxygens (including phenoxy) is 2. The summed E-state index contributed by atoms with van der Waals surface area (Å²) >= 11 is 0. The fraction of sp³-hybridized carbons (Fsp3) is 0.464. The van der Waals surface area contributed by atoms with E-state index in [2.05, 4.69) is 16.0 Å². The largest absolute Gasteiger partial charge is 0.478 e. The van der Waals surface area contributed by atoms with Crippen molar-refractivity contribution in [1.82, 2.24) is 15.0 Å². The van der Waals surface area contributed by atoms with E-state index in [-0.39, 0.29) is 17.1 Å². The number of carbonyl (C=O) groups is 1. The number of aromatic carboxylic acids is 1. The maximum absolute atomic E-state index is 12.5. The van der Waals surface area contributed by atoms with Crippen LogP contribution in [-0.2, 0) is 23.0 Å². The molecule has 4 N–H and O–H groups in total. The van der Waals surface area contributed by atoms with Gasteiger partial charge in [0.05, 0.1) is 30.2 Å². The zero-order valence-electron chi connectivity index (χ0n) is 20.2. The van der Waals surface area contributed by atoms with Crippen LogP contribution in [0.3, 0.4) is 0 Å². The number of nitrogens with zero attached hydrogens (tertiary/aromatic N) is 2. The van der Waals surface area contributed by atoms with E-state index in [1.165, 1.54) is 0 Å². The van der Waals surface area contributed by atoms with Crippen LogP contribution in [-0.4, -0.2) is 50.9 Å². The Balaban J connectivity index is 1.23. The number of aromatic nitrogens is 3. The second-order valence-corrected chi connectivity index (χ2v) is 10.8. The molecule has 0 aromatic carbocycles. The number of rotatable bonds is 6. The van der Waals surface area contributed by atoms with Gasteiger partial charge in [0.25, 0.3) is 0 Å². The molecule has 1 saturated heterocycles. The molecule has 3 aromatic heterocycles. The van der Waals surface area contributed by atoms with Gasteiger partial charge in [0, 0.05) is 59.1 Å². The van der Waals surface area contributed by atoms with E-state index in [4.69, 9.17) is 20.2 Å². The topological polar surface area (TPSA) is 123 Å². The summed E-state index contributed by atoms with van der Waals surface area (Å²) in [5.74, 6) is -0.253. The molecule has 2 saturated carbocycles. The first kappa shape index (κ1) is 22.0. The predicted octanol–water partition coefficient (Wildman–Crippen LogP) is 4.02. The molecule has 3 fully saturated rings. The van der Waals surface area contributed by atoms with Gasteiger partial charge in [-0.05, 0) is 61.8 Å². The standard InChI is InChI=1S/C28H30N4O4/c29-28(9-10-28)27(7-8-27)25-23(26(33)34)19-3-1-16-14-30-21(13-20(16)24(19)32-25)17-2-4-22(31-15-17)36-18-5-11-35-12-6-18/h2,4,13-15,18,32H,1,3,5-12,29H2,(H,33,34). The molecular weight excluding hydrogens is 456 g/mol. The van der Waals surface area contributed by atoms with Crippen LogP contribution >= 0.6 is 0 Å². The van der Waals surface area contributed by atoms with Gasteiger partial charge < -0.3 is 25.3 Å². The van der Waals surface area contributed by atoms with Crippen LogP contribution in [0.4, 0.5) is 0 Å². The van der Waals surface area contributed by atoms with Crippen molar-refractivity contribution in [2.75, 3.05) is 13.2 Å². The lowest BCUT2D eigenvalue weighted by Gasteiger charge is -2.22. The Kier molecular flexibility index (Phi) is 4.82. The first-order valence-electron chi connectivity index (χ1n) is 13.0. The highest BCUT2D eigenvalue weighted by atomic mass is 16.5. The monoisotopic (exact) mass is 486 g/mol. The highest BCUT2D eigenvalue weighted by Gasteiger charge is 2.66. The van der Waals surface area contributed by atoms with E-state index >= 15 is 0 Å². The van der Waals surface area contributed by atoms with Crippen LogP contribution in [0.2, 0.25) is 0 Å². The van der Waals surface area contributed by atoms with Gasteiger partial charge in [0.1, 0.15) is 6.10 Å². The van der Waals surface area contributed by atoms with Crippen molar-refractivity contribution in [3.05, 3.63) is 53.0 Å². The molecule has 0 amide bonds. The zero-order chi connectivity index (χ0) is 24.5. The lowest BCUT2D eigenvalue weighted by molar-refractivity contribution is 0.0237. The minimum absolute atomic E-state index is 0.140. The second-order valence-electron chi connectivity index (χ2n) is 10.8. The quantitative estimate of drug-likeness (QED) is 0.481. The van der Waals surface area contributed by atoms with Gasteiger partial charge in [0.15, 0.2) is 0 Å². The smallest absolute Gasteiger partial charge is 0.337 e. The molecule has 3 aliphatic carbocycles. The number of H-pyrrole nitrogens is 1. The molecule has 7 rings (SSSR count). The lowest BCUT2D eigenvalue weighted by atomic mass is 9.85. The predicted molar refractivity (Wildman–Crippen MR) is 133 cm³/mol. The Bertz CT molecular complexity index is 1350. The summed E-state index contributed by atoms with van der Waals surface area (Å²) in [4.78, 5) is 25.3. The molecule has 36 heavy (non-hydrogen) atoms. The van der Waals surface area contributed by atoms with Crippen LogP contribution in [0.15, 0.2) is 30.6 Å². The molecule has 186 valence electrons. The summed E-state index contributed by atoms with van der Waals surface area (Å²) in [5.41, 5.74) is 13.1. The molecule has 8 heteroatoms. The van der Waals surface area contributed by atoms with Crippen LogP contribution < -0.4 is 10.5 Å². The number of hydrogen-bond acceptors (Lipinski definition) is 6. The SMILES string of the molecule is NC1(C2(c3[nH]c4c(c3C(=O)O)CCc3cnc(-c5ccc(OC6CCOCC6)nc5)cc3-4)CC2)CC1. The summed E-state index contributed by atoms with van der Waals surface area (Å²) in [6, 6.07) is 5.93. The molecule has 0 radical (unpaired) electrons. The van der Waals surface area contributed by atoms with Crippen molar-refractivity contribution >= 4 is 5.97 Å². The van der Waals surface area contributed by atoms with Crippen molar-refractivity contribution in [2.45, 2.75) is 68.4 Å². The van der Waals surface area contributed by atoms with Crippen molar-refractivity contribution in [3.8, 4) is 28.4 Å². The summed E-state index contributed by atoms with van der Waals surface area (Å²) in [5, 5.41) is 10.2. The molecular formula is C28H30N4O4. The van der Waals surface area contributed by atoms with Gasteiger partial charge in [-0.2, -0.15) is 0 Å². The number of nitrogens with one attached hydrogen (secondary N) is 1. The Morgan fingerprint density at radius 2 is 1.92 bits per heavy atom. The van der Waals surface area contributed by atoms with Gasteiger partial charge in [-0.3, -0.25) is 4.98 Å². The van der Waals surface area contributed by atoms with Gasteiger partial charge in [-0.15, -0.1) is 0 Å². The highest BCUT2D eigenvalue weighted by Crippen LogP contribution is 2.64. The number of carboxylic acid groups (broad SMARTS) is 1. The Morgan fingerprint density at radius 1 is 1.11 bits per heavy atom. The first-order chi connectivity index (χ1) is 17.5. The minimum atomic E-state index is -0.861. The van der Waals surface area contributed by atoms with Gasteiger partial charge in [0.2, 0.25) is 5.88 Å². The summed E-state index contributed by atoms with van der Waals surface area (Å²) in [6.45, 7) is 1.45. The van der Waals surface area contributed by atoms with Crippen LogP contribution in [0.25, 0.3) is 22.5 Å². The van der Waals surface area contributed by atoms with Crippen molar-refractivity contribution in [3.63, 3.8) is 0 Å². The van der Waals surface area contributed by atoms with Crippen LogP contribution in [0.5, 0.6) is 5.88 Å². The van der Waals surface area contributed by atoms with E-state index in [0.29, 0.717) is 17.9 Å². The van der Waals surface area contributed by atoms with E-state index in [9.17, 15) is 9.90 Å². The minimum Gasteiger partial charge on any atom is -0.478 e. The zero-order valence-corrected chi connectivity index (χ0v) is 20.2. The summed E-state index contributed by atoms with van der Waals surface area (Å²) in [7, 11) is 0. The van der Waals surface area contributed by atoms with Gasteiger partial charge >= 0.3 is 5.97 Å².